The van der Waals surface area contributed by atoms with Gasteiger partial charge >= 0.3 is 0 Å². The quantitative estimate of drug-likeness (QED) is 0.638. The lowest BCUT2D eigenvalue weighted by atomic mass is 10.2. The number of rotatable bonds is 4. The molecular weight excluding hydrogens is 264 g/mol. The van der Waals surface area contributed by atoms with Crippen LogP contribution in [0.2, 0.25) is 0 Å². The van der Waals surface area contributed by atoms with Crippen LogP contribution in [0.3, 0.4) is 0 Å². The third-order valence-electron chi connectivity index (χ3n) is 2.72. The molecular formula is C12H14N4O2S. The van der Waals surface area contributed by atoms with Crippen molar-refractivity contribution in [2.24, 2.45) is 5.73 Å². The molecule has 100 valence electrons. The van der Waals surface area contributed by atoms with Crippen LogP contribution in [0, 0.1) is 5.41 Å². The number of pyridine rings is 1. The summed E-state index contributed by atoms with van der Waals surface area (Å²) in [6.07, 6.45) is 3.16. The highest BCUT2D eigenvalue weighted by Gasteiger charge is 2.23. The van der Waals surface area contributed by atoms with Gasteiger partial charge < -0.3 is 5.73 Å². The number of hydrogen-bond donors (Lipinski definition) is 2. The Kier molecular flexibility index (Phi) is 3.50. The third-order valence-corrected chi connectivity index (χ3v) is 4.58. The van der Waals surface area contributed by atoms with Crippen LogP contribution in [0.15, 0.2) is 41.6 Å². The molecule has 6 nitrogen and oxygen atoms in total. The monoisotopic (exact) mass is 278 g/mol. The molecule has 1 aromatic heterocycles. The lowest BCUT2D eigenvalue weighted by Crippen LogP contribution is -2.35. The van der Waals surface area contributed by atoms with E-state index in [1.165, 1.54) is 13.1 Å². The number of sulfonamides is 1. The first-order chi connectivity index (χ1) is 8.93. The summed E-state index contributed by atoms with van der Waals surface area (Å²) >= 11 is 0. The predicted molar refractivity (Wildman–Crippen MR) is 73.5 cm³/mol. The number of hydrogen-bond acceptors (Lipinski definition) is 4. The highest BCUT2D eigenvalue weighted by atomic mass is 32.2. The number of nitrogens with one attached hydrogen (secondary N) is 1. The average molecular weight is 278 g/mol. The molecule has 0 fully saturated rings. The lowest BCUT2D eigenvalue weighted by molar-refractivity contribution is 0.505. The van der Waals surface area contributed by atoms with E-state index in [9.17, 15) is 8.42 Å². The van der Waals surface area contributed by atoms with Gasteiger partial charge in [0.25, 0.3) is 0 Å². The minimum Gasteiger partial charge on any atom is -0.387 e. The number of fused-ring (bicyclic) bond motifs is 1. The number of likely N-dealkylation sites (N-methyl/N-ethyl adjacent to an activating group) is 1. The zero-order valence-electron chi connectivity index (χ0n) is 10.4. The molecule has 0 unspecified atom stereocenters. The molecule has 0 amide bonds. The number of benzene rings is 1. The van der Waals surface area contributed by atoms with Crippen LogP contribution in [0.4, 0.5) is 0 Å². The molecule has 3 N–H and O–H groups in total. The van der Waals surface area contributed by atoms with E-state index >= 15 is 0 Å². The molecule has 2 rings (SSSR count). The normalized spacial score (nSPS) is 11.9. The molecule has 1 heterocycles. The largest absolute Gasteiger partial charge is 0.387 e. The number of aromatic nitrogens is 1. The van der Waals surface area contributed by atoms with E-state index in [-0.39, 0.29) is 17.3 Å². The maximum absolute atomic E-state index is 12.4. The van der Waals surface area contributed by atoms with Crippen molar-refractivity contribution in [1.29, 1.82) is 5.41 Å². The van der Waals surface area contributed by atoms with E-state index in [0.717, 1.165) is 9.69 Å². The fourth-order valence-electron chi connectivity index (χ4n) is 1.81. The van der Waals surface area contributed by atoms with Crippen LogP contribution >= 0.6 is 0 Å². The first-order valence-electron chi connectivity index (χ1n) is 5.55. The summed E-state index contributed by atoms with van der Waals surface area (Å²) in [6, 6.07) is 6.66. The predicted octanol–water partition coefficient (Wildman–Crippen LogP) is 0.791. The van der Waals surface area contributed by atoms with Crippen molar-refractivity contribution in [1.82, 2.24) is 9.29 Å². The molecule has 0 aliphatic carbocycles. The maximum Gasteiger partial charge on any atom is 0.243 e. The van der Waals surface area contributed by atoms with E-state index in [1.807, 2.05) is 0 Å². The summed E-state index contributed by atoms with van der Waals surface area (Å²) in [4.78, 5) is 4.16. The first kappa shape index (κ1) is 13.4. The SMILES string of the molecule is CN(CC(=N)N)S(=O)(=O)c1cccc2cnccc12. The third kappa shape index (κ3) is 2.56. The molecule has 7 heteroatoms. The average Bonchev–Trinajstić information content (AvgIpc) is 2.37. The van der Waals surface area contributed by atoms with Gasteiger partial charge in [-0.2, -0.15) is 4.31 Å². The van der Waals surface area contributed by atoms with Gasteiger partial charge in [-0.25, -0.2) is 8.42 Å². The van der Waals surface area contributed by atoms with Crippen LogP contribution in [-0.2, 0) is 10.0 Å². The molecule has 0 saturated carbocycles. The number of nitrogens with two attached hydrogens (primary N) is 1. The molecule has 19 heavy (non-hydrogen) atoms. The van der Waals surface area contributed by atoms with Crippen molar-refractivity contribution in [2.75, 3.05) is 13.6 Å². The molecule has 0 aliphatic heterocycles. The van der Waals surface area contributed by atoms with Gasteiger partial charge in [-0.15, -0.1) is 0 Å². The van der Waals surface area contributed by atoms with Gasteiger partial charge in [-0.05, 0) is 12.1 Å². The van der Waals surface area contributed by atoms with Gasteiger partial charge in [0.2, 0.25) is 10.0 Å². The Bertz CT molecular complexity index is 722. The first-order valence-corrected chi connectivity index (χ1v) is 6.99. The van der Waals surface area contributed by atoms with Crippen LogP contribution in [0.5, 0.6) is 0 Å². The van der Waals surface area contributed by atoms with E-state index in [2.05, 4.69) is 4.98 Å². The molecule has 0 atom stereocenters. The summed E-state index contributed by atoms with van der Waals surface area (Å²) in [7, 11) is -2.28. The second kappa shape index (κ2) is 4.94. The number of amidine groups is 1. The summed E-state index contributed by atoms with van der Waals surface area (Å²) in [5.41, 5.74) is 5.25. The molecule has 1 aromatic carbocycles. The van der Waals surface area contributed by atoms with E-state index in [0.29, 0.717) is 5.39 Å². The van der Waals surface area contributed by atoms with Gasteiger partial charge in [0.1, 0.15) is 5.84 Å². The molecule has 0 radical (unpaired) electrons. The second-order valence-electron chi connectivity index (χ2n) is 4.14. The Labute approximate surface area is 111 Å². The highest BCUT2D eigenvalue weighted by Crippen LogP contribution is 2.24. The van der Waals surface area contributed by atoms with Gasteiger partial charge in [0, 0.05) is 30.2 Å². The zero-order chi connectivity index (χ0) is 14.0. The summed E-state index contributed by atoms with van der Waals surface area (Å²) in [6.45, 7) is -0.135. The standard InChI is InChI=1S/C12H14N4O2S/c1-16(8-12(13)14)19(17,18)11-4-2-3-9-7-15-6-5-10(9)11/h2-7H,8H2,1H3,(H3,13,14). The maximum atomic E-state index is 12.4. The summed E-state index contributed by atoms with van der Waals surface area (Å²) in [5.74, 6) is -0.201. The van der Waals surface area contributed by atoms with Crippen LogP contribution < -0.4 is 5.73 Å². The van der Waals surface area contributed by atoms with Crippen LogP contribution in [-0.4, -0.2) is 37.1 Å². The topological polar surface area (TPSA) is 100 Å². The molecule has 0 aliphatic rings. The van der Waals surface area contributed by atoms with Crippen molar-refractivity contribution in [3.05, 3.63) is 36.7 Å². The van der Waals surface area contributed by atoms with Crippen molar-refractivity contribution < 1.29 is 8.42 Å². The smallest absolute Gasteiger partial charge is 0.243 e. The zero-order valence-corrected chi connectivity index (χ0v) is 11.2. The lowest BCUT2D eigenvalue weighted by Gasteiger charge is -2.17. The van der Waals surface area contributed by atoms with Gasteiger partial charge in [0.15, 0.2) is 0 Å². The Morgan fingerprint density at radius 3 is 2.84 bits per heavy atom. The molecule has 0 bridgehead atoms. The van der Waals surface area contributed by atoms with Crippen molar-refractivity contribution >= 4 is 26.6 Å². The Hall–Kier alpha value is -1.99. The summed E-state index contributed by atoms with van der Waals surface area (Å²) in [5, 5.41) is 8.55. The van der Waals surface area contributed by atoms with E-state index < -0.39 is 10.0 Å². The van der Waals surface area contributed by atoms with Crippen LogP contribution in [0.1, 0.15) is 0 Å². The van der Waals surface area contributed by atoms with Crippen molar-refractivity contribution in [2.45, 2.75) is 4.90 Å². The number of nitrogens with zero attached hydrogens (tertiary/aromatic N) is 2. The van der Waals surface area contributed by atoms with E-state index in [4.69, 9.17) is 11.1 Å². The molecule has 2 aromatic rings. The molecule has 0 spiro atoms. The molecule has 0 saturated heterocycles. The van der Waals surface area contributed by atoms with Crippen molar-refractivity contribution in [3.63, 3.8) is 0 Å². The highest BCUT2D eigenvalue weighted by molar-refractivity contribution is 7.89. The minimum atomic E-state index is -3.68. The second-order valence-corrected chi connectivity index (χ2v) is 6.15. The van der Waals surface area contributed by atoms with Crippen molar-refractivity contribution in [3.8, 4) is 0 Å². The van der Waals surface area contributed by atoms with Crippen LogP contribution in [0.25, 0.3) is 10.8 Å². The fourth-order valence-corrected chi connectivity index (χ4v) is 3.17. The fraction of sp³-hybridized carbons (Fsp3) is 0.167. The Morgan fingerprint density at radius 1 is 1.42 bits per heavy atom. The van der Waals surface area contributed by atoms with Gasteiger partial charge in [0.05, 0.1) is 11.4 Å². The Balaban J connectivity index is 2.58. The van der Waals surface area contributed by atoms with E-state index in [1.54, 1.807) is 30.6 Å². The summed E-state index contributed by atoms with van der Waals surface area (Å²) < 4.78 is 25.9. The Morgan fingerprint density at radius 2 is 2.16 bits per heavy atom. The minimum absolute atomic E-state index is 0.135. The van der Waals surface area contributed by atoms with Gasteiger partial charge in [-0.1, -0.05) is 12.1 Å². The van der Waals surface area contributed by atoms with Gasteiger partial charge in [-0.3, -0.25) is 10.4 Å².